The minimum Gasteiger partial charge on any atom is -0.381 e. The summed E-state index contributed by atoms with van der Waals surface area (Å²) in [6.45, 7) is 3.25. The molecular formula is C14H20N2O2. The summed E-state index contributed by atoms with van der Waals surface area (Å²) in [5, 5.41) is 3.00. The summed E-state index contributed by atoms with van der Waals surface area (Å²) in [6.07, 6.45) is 0.818. The Morgan fingerprint density at radius 1 is 1.44 bits per heavy atom. The summed E-state index contributed by atoms with van der Waals surface area (Å²) >= 11 is 0. The van der Waals surface area contributed by atoms with Gasteiger partial charge in [-0.3, -0.25) is 4.79 Å². The van der Waals surface area contributed by atoms with E-state index in [0.717, 1.165) is 23.4 Å². The number of nitrogens with one attached hydrogen (secondary N) is 1. The molecule has 0 spiro atoms. The summed E-state index contributed by atoms with van der Waals surface area (Å²) in [6, 6.07) is 5.95. The highest BCUT2D eigenvalue weighted by Gasteiger charge is 2.24. The third-order valence-corrected chi connectivity index (χ3v) is 3.35. The van der Waals surface area contributed by atoms with E-state index < -0.39 is 0 Å². The number of rotatable bonds is 3. The Morgan fingerprint density at radius 3 is 2.83 bits per heavy atom. The van der Waals surface area contributed by atoms with Crippen LogP contribution in [0.2, 0.25) is 0 Å². The molecule has 1 aliphatic rings. The van der Waals surface area contributed by atoms with E-state index in [0.29, 0.717) is 13.2 Å². The first kappa shape index (κ1) is 12.9. The molecule has 4 nitrogen and oxygen atoms in total. The lowest BCUT2D eigenvalue weighted by Crippen LogP contribution is -2.23. The van der Waals surface area contributed by atoms with Crippen LogP contribution in [0.15, 0.2) is 18.2 Å². The maximum Gasteiger partial charge on any atom is 0.229 e. The molecule has 1 aromatic rings. The van der Waals surface area contributed by atoms with Crippen LogP contribution in [-0.4, -0.2) is 33.2 Å². The molecule has 98 valence electrons. The van der Waals surface area contributed by atoms with Crippen LogP contribution in [-0.2, 0) is 9.53 Å². The molecule has 1 N–H and O–H groups in total. The fourth-order valence-corrected chi connectivity index (χ4v) is 2.22. The Bertz CT molecular complexity index is 437. The van der Waals surface area contributed by atoms with E-state index in [1.54, 1.807) is 0 Å². The zero-order chi connectivity index (χ0) is 13.1. The smallest absolute Gasteiger partial charge is 0.229 e. The first-order chi connectivity index (χ1) is 8.59. The van der Waals surface area contributed by atoms with Crippen LogP contribution < -0.4 is 10.2 Å². The van der Waals surface area contributed by atoms with Crippen molar-refractivity contribution in [3.05, 3.63) is 23.8 Å². The number of carbonyl (C=O) groups is 1. The van der Waals surface area contributed by atoms with Crippen molar-refractivity contribution in [3.8, 4) is 0 Å². The van der Waals surface area contributed by atoms with Gasteiger partial charge in [0, 0.05) is 32.1 Å². The van der Waals surface area contributed by atoms with Gasteiger partial charge >= 0.3 is 0 Å². The van der Waals surface area contributed by atoms with Gasteiger partial charge in [-0.15, -0.1) is 0 Å². The quantitative estimate of drug-likeness (QED) is 0.890. The molecule has 18 heavy (non-hydrogen) atoms. The highest BCUT2D eigenvalue weighted by Crippen LogP contribution is 2.26. The second-order valence-electron chi connectivity index (χ2n) is 4.89. The van der Waals surface area contributed by atoms with Crippen molar-refractivity contribution in [2.75, 3.05) is 37.5 Å². The number of ether oxygens (including phenoxy) is 1. The van der Waals surface area contributed by atoms with Crippen LogP contribution in [0.3, 0.4) is 0 Å². The summed E-state index contributed by atoms with van der Waals surface area (Å²) in [5.41, 5.74) is 3.10. The van der Waals surface area contributed by atoms with E-state index in [1.807, 2.05) is 44.1 Å². The third-order valence-electron chi connectivity index (χ3n) is 3.35. The van der Waals surface area contributed by atoms with Crippen molar-refractivity contribution < 1.29 is 9.53 Å². The van der Waals surface area contributed by atoms with Crippen molar-refractivity contribution in [1.82, 2.24) is 0 Å². The average Bonchev–Trinajstić information content (AvgIpc) is 2.85. The minimum absolute atomic E-state index is 0.00703. The van der Waals surface area contributed by atoms with Gasteiger partial charge in [0.25, 0.3) is 0 Å². The molecule has 1 aromatic carbocycles. The number of hydrogen-bond acceptors (Lipinski definition) is 3. The van der Waals surface area contributed by atoms with Gasteiger partial charge in [-0.2, -0.15) is 0 Å². The average molecular weight is 248 g/mol. The maximum absolute atomic E-state index is 12.0. The zero-order valence-corrected chi connectivity index (χ0v) is 11.2. The number of amides is 1. The van der Waals surface area contributed by atoms with E-state index >= 15 is 0 Å². The molecule has 1 saturated heterocycles. The molecule has 0 radical (unpaired) electrons. The molecule has 2 rings (SSSR count). The van der Waals surface area contributed by atoms with Gasteiger partial charge < -0.3 is 15.0 Å². The van der Waals surface area contributed by atoms with Crippen molar-refractivity contribution in [1.29, 1.82) is 0 Å². The molecule has 1 heterocycles. The van der Waals surface area contributed by atoms with Gasteiger partial charge in [0.15, 0.2) is 0 Å². The Kier molecular flexibility index (Phi) is 3.87. The topological polar surface area (TPSA) is 41.6 Å². The number of anilines is 2. The second-order valence-corrected chi connectivity index (χ2v) is 4.89. The third kappa shape index (κ3) is 2.64. The molecule has 1 amide bonds. The Labute approximate surface area is 108 Å². The van der Waals surface area contributed by atoms with Crippen LogP contribution in [0.25, 0.3) is 0 Å². The number of carbonyl (C=O) groups excluding carboxylic acids is 1. The van der Waals surface area contributed by atoms with Gasteiger partial charge in [-0.1, -0.05) is 6.07 Å². The molecule has 0 aromatic heterocycles. The van der Waals surface area contributed by atoms with E-state index in [9.17, 15) is 4.79 Å². The normalized spacial score (nSPS) is 18.7. The summed E-state index contributed by atoms with van der Waals surface area (Å²) < 4.78 is 5.24. The van der Waals surface area contributed by atoms with E-state index in [-0.39, 0.29) is 11.8 Å². The van der Waals surface area contributed by atoms with Crippen LogP contribution in [0.5, 0.6) is 0 Å². The Hall–Kier alpha value is -1.55. The monoisotopic (exact) mass is 248 g/mol. The fourth-order valence-electron chi connectivity index (χ4n) is 2.22. The maximum atomic E-state index is 12.0. The van der Waals surface area contributed by atoms with Crippen molar-refractivity contribution in [2.45, 2.75) is 13.3 Å². The zero-order valence-electron chi connectivity index (χ0n) is 11.2. The Morgan fingerprint density at radius 2 is 2.22 bits per heavy atom. The van der Waals surface area contributed by atoms with Crippen LogP contribution in [0, 0.1) is 12.8 Å². The predicted molar refractivity (Wildman–Crippen MR) is 73.1 cm³/mol. The molecular weight excluding hydrogens is 228 g/mol. The van der Waals surface area contributed by atoms with Gasteiger partial charge in [-0.25, -0.2) is 0 Å². The minimum atomic E-state index is -0.00703. The summed E-state index contributed by atoms with van der Waals surface area (Å²) in [7, 11) is 4.00. The van der Waals surface area contributed by atoms with E-state index in [1.165, 1.54) is 0 Å². The second kappa shape index (κ2) is 5.40. The van der Waals surface area contributed by atoms with Crippen molar-refractivity contribution in [2.24, 2.45) is 5.92 Å². The highest BCUT2D eigenvalue weighted by atomic mass is 16.5. The largest absolute Gasteiger partial charge is 0.381 e. The first-order valence-corrected chi connectivity index (χ1v) is 6.25. The first-order valence-electron chi connectivity index (χ1n) is 6.25. The Balaban J connectivity index is 2.13. The molecule has 0 unspecified atom stereocenters. The van der Waals surface area contributed by atoms with Gasteiger partial charge in [0.05, 0.1) is 12.5 Å². The summed E-state index contributed by atoms with van der Waals surface area (Å²) in [5.74, 6) is 0.0546. The van der Waals surface area contributed by atoms with Crippen molar-refractivity contribution >= 4 is 17.3 Å². The van der Waals surface area contributed by atoms with Crippen LogP contribution in [0.1, 0.15) is 12.0 Å². The lowest BCUT2D eigenvalue weighted by atomic mass is 10.1. The number of hydrogen-bond donors (Lipinski definition) is 1. The molecule has 1 atom stereocenters. The molecule has 0 bridgehead atoms. The van der Waals surface area contributed by atoms with Crippen molar-refractivity contribution in [3.63, 3.8) is 0 Å². The predicted octanol–water partition coefficient (Wildman–Crippen LogP) is 2.04. The molecule has 1 fully saturated rings. The van der Waals surface area contributed by atoms with Crippen LogP contribution in [0.4, 0.5) is 11.4 Å². The summed E-state index contributed by atoms with van der Waals surface area (Å²) in [4.78, 5) is 14.1. The van der Waals surface area contributed by atoms with Crippen LogP contribution >= 0.6 is 0 Å². The number of benzene rings is 1. The lowest BCUT2D eigenvalue weighted by molar-refractivity contribution is -0.119. The highest BCUT2D eigenvalue weighted by molar-refractivity contribution is 5.94. The molecule has 1 aliphatic heterocycles. The van der Waals surface area contributed by atoms with E-state index in [4.69, 9.17) is 4.74 Å². The lowest BCUT2D eigenvalue weighted by Gasteiger charge is -2.19. The van der Waals surface area contributed by atoms with Gasteiger partial charge in [-0.05, 0) is 31.0 Å². The van der Waals surface area contributed by atoms with Gasteiger partial charge in [0.2, 0.25) is 5.91 Å². The van der Waals surface area contributed by atoms with E-state index in [2.05, 4.69) is 5.32 Å². The SMILES string of the molecule is Cc1c(NC(=O)[C@H]2CCOC2)cccc1N(C)C. The molecule has 0 aliphatic carbocycles. The molecule has 0 saturated carbocycles. The standard InChI is InChI=1S/C14H20N2O2/c1-10-12(5-4-6-13(10)16(2)3)15-14(17)11-7-8-18-9-11/h4-6,11H,7-9H2,1-3H3,(H,15,17)/t11-/m0/s1. The fraction of sp³-hybridized carbons (Fsp3) is 0.500. The molecule has 4 heteroatoms. The van der Waals surface area contributed by atoms with Gasteiger partial charge in [0.1, 0.15) is 0 Å². The number of nitrogens with zero attached hydrogens (tertiary/aromatic N) is 1.